The van der Waals surface area contributed by atoms with Crippen molar-refractivity contribution >= 4 is 26.7 Å². The van der Waals surface area contributed by atoms with Gasteiger partial charge in [-0.3, -0.25) is 5.84 Å². The van der Waals surface area contributed by atoms with Crippen molar-refractivity contribution in [1.29, 1.82) is 0 Å². The SMILES string of the molecule is COc1ccc2c3c(cnc2n1)COCN3Cc1c(F)cc(S(=O)(=O)NN)cc1F. The van der Waals surface area contributed by atoms with Gasteiger partial charge in [0.25, 0.3) is 10.0 Å². The van der Waals surface area contributed by atoms with Gasteiger partial charge in [0.15, 0.2) is 5.65 Å². The quantitative estimate of drug-likeness (QED) is 0.456. The van der Waals surface area contributed by atoms with Crippen LogP contribution in [0.3, 0.4) is 0 Å². The van der Waals surface area contributed by atoms with Crippen molar-refractivity contribution in [1.82, 2.24) is 14.8 Å². The summed E-state index contributed by atoms with van der Waals surface area (Å²) in [6.45, 7) is 0.152. The van der Waals surface area contributed by atoms with Crippen molar-refractivity contribution in [3.63, 3.8) is 0 Å². The Labute approximate surface area is 170 Å². The van der Waals surface area contributed by atoms with Crippen LogP contribution in [0.25, 0.3) is 11.0 Å². The topological polar surface area (TPSA) is 120 Å². The molecule has 0 saturated carbocycles. The molecule has 3 N–H and O–H groups in total. The Kier molecular flexibility index (Phi) is 5.24. The Hall–Kier alpha value is -2.93. The lowest BCUT2D eigenvalue weighted by molar-refractivity contribution is 0.109. The zero-order valence-corrected chi connectivity index (χ0v) is 16.5. The van der Waals surface area contributed by atoms with E-state index in [1.165, 1.54) is 11.9 Å². The van der Waals surface area contributed by atoms with Gasteiger partial charge in [0.2, 0.25) is 5.88 Å². The molecule has 0 fully saturated rings. The van der Waals surface area contributed by atoms with Crippen LogP contribution in [0, 0.1) is 11.6 Å². The second-order valence-electron chi connectivity index (χ2n) is 6.52. The van der Waals surface area contributed by atoms with Gasteiger partial charge in [-0.05, 0) is 18.2 Å². The molecule has 2 aromatic heterocycles. The van der Waals surface area contributed by atoms with E-state index in [4.69, 9.17) is 15.3 Å². The summed E-state index contributed by atoms with van der Waals surface area (Å²) in [5, 5.41) is 0.670. The summed E-state index contributed by atoms with van der Waals surface area (Å²) in [6.07, 6.45) is 1.59. The predicted molar refractivity (Wildman–Crippen MR) is 103 cm³/mol. The van der Waals surface area contributed by atoms with E-state index in [1.54, 1.807) is 23.2 Å². The summed E-state index contributed by atoms with van der Waals surface area (Å²) in [4.78, 5) is 11.2. The van der Waals surface area contributed by atoms with Gasteiger partial charge in [-0.2, -0.15) is 9.82 Å². The van der Waals surface area contributed by atoms with Gasteiger partial charge in [0.1, 0.15) is 18.4 Å². The molecule has 0 bridgehead atoms. The number of aromatic nitrogens is 2. The minimum atomic E-state index is -4.20. The first kappa shape index (κ1) is 20.3. The number of hydrogen-bond acceptors (Lipinski definition) is 8. The molecule has 1 aromatic carbocycles. The van der Waals surface area contributed by atoms with Crippen LogP contribution in [-0.4, -0.2) is 32.2 Å². The van der Waals surface area contributed by atoms with Gasteiger partial charge in [0.05, 0.1) is 30.8 Å². The fourth-order valence-corrected chi connectivity index (χ4v) is 3.93. The van der Waals surface area contributed by atoms with Crippen molar-refractivity contribution in [3.8, 4) is 5.88 Å². The highest BCUT2D eigenvalue weighted by molar-refractivity contribution is 7.89. The number of nitrogens with one attached hydrogen (secondary N) is 1. The van der Waals surface area contributed by atoms with Crippen LogP contribution in [0.4, 0.5) is 14.5 Å². The van der Waals surface area contributed by atoms with E-state index in [9.17, 15) is 17.2 Å². The maximum absolute atomic E-state index is 14.6. The standard InChI is InChI=1S/C18H17F2N5O4S/c1-28-16-3-2-12-17-10(6-22-18(12)23-16)8-29-9-25(17)7-13-14(19)4-11(5-15(13)20)30(26,27)24-21/h2-6,24H,7-9,21H2,1H3. The minimum absolute atomic E-state index is 0.0709. The fourth-order valence-electron chi connectivity index (χ4n) is 3.28. The number of rotatable bonds is 5. The average molecular weight is 437 g/mol. The molecule has 158 valence electrons. The van der Waals surface area contributed by atoms with E-state index in [0.717, 1.165) is 17.7 Å². The molecule has 0 aliphatic carbocycles. The first-order valence-corrected chi connectivity index (χ1v) is 10.2. The zero-order valence-electron chi connectivity index (χ0n) is 15.7. The third-order valence-corrected chi connectivity index (χ3v) is 5.88. The predicted octanol–water partition coefficient (Wildman–Crippen LogP) is 1.56. The number of ether oxygens (including phenoxy) is 2. The average Bonchev–Trinajstić information content (AvgIpc) is 2.75. The van der Waals surface area contributed by atoms with Crippen LogP contribution >= 0.6 is 0 Å². The minimum Gasteiger partial charge on any atom is -0.481 e. The summed E-state index contributed by atoms with van der Waals surface area (Å²) >= 11 is 0. The molecule has 0 atom stereocenters. The molecule has 0 radical (unpaired) electrons. The van der Waals surface area contributed by atoms with Crippen LogP contribution in [-0.2, 0) is 27.9 Å². The lowest BCUT2D eigenvalue weighted by Crippen LogP contribution is -2.32. The van der Waals surface area contributed by atoms with Gasteiger partial charge < -0.3 is 14.4 Å². The van der Waals surface area contributed by atoms with Gasteiger partial charge in [-0.15, -0.1) is 0 Å². The molecule has 1 aliphatic heterocycles. The second kappa shape index (κ2) is 7.72. The largest absolute Gasteiger partial charge is 0.481 e. The summed E-state index contributed by atoms with van der Waals surface area (Å²) in [6, 6.07) is 4.87. The fraction of sp³-hybridized carbons (Fsp3) is 0.222. The number of fused-ring (bicyclic) bond motifs is 3. The molecule has 12 heteroatoms. The Morgan fingerprint density at radius 2 is 2.03 bits per heavy atom. The molecule has 0 amide bonds. The van der Waals surface area contributed by atoms with Gasteiger partial charge in [0, 0.05) is 28.8 Å². The van der Waals surface area contributed by atoms with Crippen molar-refractivity contribution in [3.05, 3.63) is 53.2 Å². The lowest BCUT2D eigenvalue weighted by atomic mass is 10.1. The number of nitrogens with two attached hydrogens (primary N) is 1. The number of hydrogen-bond donors (Lipinski definition) is 2. The molecule has 0 saturated heterocycles. The highest BCUT2D eigenvalue weighted by Gasteiger charge is 2.25. The van der Waals surface area contributed by atoms with E-state index < -0.39 is 26.6 Å². The normalized spacial score (nSPS) is 14.1. The first-order chi connectivity index (χ1) is 14.3. The first-order valence-electron chi connectivity index (χ1n) is 8.69. The van der Waals surface area contributed by atoms with Gasteiger partial charge >= 0.3 is 0 Å². The molecule has 3 heterocycles. The Bertz CT molecular complexity index is 1220. The van der Waals surface area contributed by atoms with Crippen LogP contribution < -0.4 is 20.3 Å². The van der Waals surface area contributed by atoms with E-state index in [1.807, 2.05) is 0 Å². The number of hydrazine groups is 1. The Balaban J connectivity index is 1.77. The number of sulfonamides is 1. The highest BCUT2D eigenvalue weighted by atomic mass is 32.2. The van der Waals surface area contributed by atoms with Crippen LogP contribution in [0.1, 0.15) is 11.1 Å². The Morgan fingerprint density at radius 3 is 2.70 bits per heavy atom. The molecule has 4 rings (SSSR count). The molecule has 0 spiro atoms. The summed E-state index contributed by atoms with van der Waals surface area (Å²) < 4.78 is 63.4. The molecule has 0 unspecified atom stereocenters. The van der Waals surface area contributed by atoms with Crippen molar-refractivity contribution < 1.29 is 26.7 Å². The van der Waals surface area contributed by atoms with E-state index >= 15 is 0 Å². The van der Waals surface area contributed by atoms with Crippen molar-refractivity contribution in [2.24, 2.45) is 5.84 Å². The number of pyridine rings is 2. The molecule has 9 nitrogen and oxygen atoms in total. The third kappa shape index (κ3) is 3.54. The number of anilines is 1. The lowest BCUT2D eigenvalue weighted by Gasteiger charge is -2.32. The summed E-state index contributed by atoms with van der Waals surface area (Å²) in [5.41, 5.74) is 1.51. The van der Waals surface area contributed by atoms with Crippen LogP contribution in [0.5, 0.6) is 5.88 Å². The Morgan fingerprint density at radius 1 is 1.30 bits per heavy atom. The molecule has 3 aromatic rings. The summed E-state index contributed by atoms with van der Waals surface area (Å²) in [7, 11) is -2.71. The van der Waals surface area contributed by atoms with E-state index in [-0.39, 0.29) is 25.4 Å². The monoisotopic (exact) mass is 437 g/mol. The second-order valence-corrected chi connectivity index (χ2v) is 8.23. The number of halogens is 2. The summed E-state index contributed by atoms with van der Waals surface area (Å²) in [5.74, 6) is 3.27. The highest BCUT2D eigenvalue weighted by Crippen LogP contribution is 2.35. The zero-order chi connectivity index (χ0) is 21.5. The smallest absolute Gasteiger partial charge is 0.253 e. The van der Waals surface area contributed by atoms with Crippen LogP contribution in [0.15, 0.2) is 35.4 Å². The van der Waals surface area contributed by atoms with Gasteiger partial charge in [-0.25, -0.2) is 22.2 Å². The maximum Gasteiger partial charge on any atom is 0.253 e. The molecule has 1 aliphatic rings. The van der Waals surface area contributed by atoms with Crippen molar-refractivity contribution in [2.75, 3.05) is 18.7 Å². The van der Waals surface area contributed by atoms with E-state index in [2.05, 4.69) is 9.97 Å². The van der Waals surface area contributed by atoms with Crippen LogP contribution in [0.2, 0.25) is 0 Å². The van der Waals surface area contributed by atoms with Gasteiger partial charge in [-0.1, -0.05) is 0 Å². The van der Waals surface area contributed by atoms with Crippen molar-refractivity contribution in [2.45, 2.75) is 18.0 Å². The number of methoxy groups -OCH3 is 1. The third-order valence-electron chi connectivity index (χ3n) is 4.71. The number of nitrogens with zero attached hydrogens (tertiary/aromatic N) is 3. The van der Waals surface area contributed by atoms with E-state index in [0.29, 0.717) is 22.6 Å². The molecular formula is C18H17F2N5O4S. The number of benzene rings is 1. The maximum atomic E-state index is 14.6. The molecule has 30 heavy (non-hydrogen) atoms. The molecular weight excluding hydrogens is 420 g/mol.